The lowest BCUT2D eigenvalue weighted by Crippen LogP contribution is -2.09. The smallest absolute Gasteiger partial charge is 0.224 e. The molecule has 3 heteroatoms. The maximum absolute atomic E-state index is 11.1. The summed E-state index contributed by atoms with van der Waals surface area (Å²) < 4.78 is 0. The van der Waals surface area contributed by atoms with Gasteiger partial charge < -0.3 is 10.6 Å². The molecule has 1 rings (SSSR count). The third kappa shape index (κ3) is 3.09. The molecule has 0 heterocycles. The van der Waals surface area contributed by atoms with Gasteiger partial charge in [-0.15, -0.1) is 0 Å². The Bertz CT molecular complexity index is 293. The van der Waals surface area contributed by atoms with Crippen LogP contribution in [0, 0.1) is 0 Å². The van der Waals surface area contributed by atoms with E-state index in [1.165, 1.54) is 0 Å². The van der Waals surface area contributed by atoms with Gasteiger partial charge in [-0.05, 0) is 31.2 Å². The number of nitrogens with one attached hydrogen (secondary N) is 2. The number of hydrogen-bond donors (Lipinski definition) is 2. The monoisotopic (exact) mass is 192 g/mol. The molecular formula is C11H16N2O. The van der Waals surface area contributed by atoms with Gasteiger partial charge in [0.05, 0.1) is 0 Å². The minimum Gasteiger partial charge on any atom is -0.385 e. The number of amides is 1. The third-order valence-electron chi connectivity index (χ3n) is 1.87. The highest BCUT2D eigenvalue weighted by molar-refractivity contribution is 5.90. The average Bonchev–Trinajstić information content (AvgIpc) is 2.21. The van der Waals surface area contributed by atoms with Crippen LogP contribution in [-0.4, -0.2) is 12.5 Å². The van der Waals surface area contributed by atoms with Gasteiger partial charge in [-0.2, -0.15) is 0 Å². The van der Waals surface area contributed by atoms with Crippen LogP contribution in [0.3, 0.4) is 0 Å². The maximum atomic E-state index is 11.1. The summed E-state index contributed by atoms with van der Waals surface area (Å²) >= 11 is 0. The van der Waals surface area contributed by atoms with Crippen LogP contribution in [0.5, 0.6) is 0 Å². The fourth-order valence-corrected chi connectivity index (χ4v) is 1.12. The van der Waals surface area contributed by atoms with Gasteiger partial charge in [-0.1, -0.05) is 6.92 Å². The standard InChI is InChI=1S/C11H16N2O/c1-3-11(14)13-10-7-5-9(6-8-10)12-4-2/h5-8,12H,3-4H2,1-2H3,(H,13,14). The molecule has 2 N–H and O–H groups in total. The van der Waals surface area contributed by atoms with Crippen molar-refractivity contribution in [3.8, 4) is 0 Å². The molecule has 0 spiro atoms. The molecule has 0 atom stereocenters. The summed E-state index contributed by atoms with van der Waals surface area (Å²) in [6, 6.07) is 7.70. The lowest BCUT2D eigenvalue weighted by molar-refractivity contribution is -0.115. The SMILES string of the molecule is CCNc1ccc(NC(=O)CC)cc1. The highest BCUT2D eigenvalue weighted by Gasteiger charge is 1.97. The van der Waals surface area contributed by atoms with Crippen LogP contribution >= 0.6 is 0 Å². The molecule has 0 aromatic heterocycles. The van der Waals surface area contributed by atoms with Crippen LogP contribution in [0.2, 0.25) is 0 Å². The minimum atomic E-state index is 0.0428. The summed E-state index contributed by atoms with van der Waals surface area (Å²) in [6.45, 7) is 4.79. The molecule has 14 heavy (non-hydrogen) atoms. The molecule has 0 bridgehead atoms. The van der Waals surface area contributed by atoms with Gasteiger partial charge >= 0.3 is 0 Å². The first-order valence-electron chi connectivity index (χ1n) is 4.90. The van der Waals surface area contributed by atoms with Crippen molar-refractivity contribution in [2.24, 2.45) is 0 Å². The Morgan fingerprint density at radius 3 is 2.21 bits per heavy atom. The van der Waals surface area contributed by atoms with Crippen molar-refractivity contribution >= 4 is 17.3 Å². The number of carbonyl (C=O) groups is 1. The molecule has 0 aliphatic heterocycles. The second-order valence-electron chi connectivity index (χ2n) is 3.01. The van der Waals surface area contributed by atoms with Crippen molar-refractivity contribution in [1.82, 2.24) is 0 Å². The van der Waals surface area contributed by atoms with Crippen molar-refractivity contribution in [3.05, 3.63) is 24.3 Å². The zero-order valence-electron chi connectivity index (χ0n) is 8.63. The van der Waals surface area contributed by atoms with Crippen LogP contribution < -0.4 is 10.6 Å². The normalized spacial score (nSPS) is 9.57. The van der Waals surface area contributed by atoms with Crippen molar-refractivity contribution in [2.45, 2.75) is 20.3 Å². The van der Waals surface area contributed by atoms with Crippen LogP contribution in [0.15, 0.2) is 24.3 Å². The molecule has 0 fully saturated rings. The van der Waals surface area contributed by atoms with Gasteiger partial charge in [0.1, 0.15) is 0 Å². The van der Waals surface area contributed by atoms with E-state index in [1.807, 2.05) is 38.1 Å². The molecule has 1 amide bonds. The summed E-state index contributed by atoms with van der Waals surface area (Å²) in [4.78, 5) is 11.1. The highest BCUT2D eigenvalue weighted by atomic mass is 16.1. The molecule has 0 aliphatic rings. The second kappa shape index (κ2) is 5.27. The van der Waals surface area contributed by atoms with E-state index in [-0.39, 0.29) is 5.91 Å². The molecule has 1 aromatic carbocycles. The van der Waals surface area contributed by atoms with Crippen molar-refractivity contribution in [1.29, 1.82) is 0 Å². The first-order valence-corrected chi connectivity index (χ1v) is 4.90. The molecule has 0 aliphatic carbocycles. The topological polar surface area (TPSA) is 41.1 Å². The first kappa shape index (κ1) is 10.6. The van der Waals surface area contributed by atoms with E-state index in [0.29, 0.717) is 6.42 Å². The molecule has 0 radical (unpaired) electrons. The van der Waals surface area contributed by atoms with E-state index >= 15 is 0 Å². The Morgan fingerprint density at radius 2 is 1.71 bits per heavy atom. The second-order valence-corrected chi connectivity index (χ2v) is 3.01. The Morgan fingerprint density at radius 1 is 1.14 bits per heavy atom. The van der Waals surface area contributed by atoms with Gasteiger partial charge in [0, 0.05) is 24.3 Å². The number of anilines is 2. The van der Waals surface area contributed by atoms with E-state index in [0.717, 1.165) is 17.9 Å². The van der Waals surface area contributed by atoms with Crippen LogP contribution in [-0.2, 0) is 4.79 Å². The Labute approximate surface area is 84.5 Å². The minimum absolute atomic E-state index is 0.0428. The van der Waals surface area contributed by atoms with E-state index in [1.54, 1.807) is 0 Å². The summed E-state index contributed by atoms with van der Waals surface area (Å²) in [6.07, 6.45) is 0.509. The Kier molecular flexibility index (Phi) is 3.98. The van der Waals surface area contributed by atoms with Crippen molar-refractivity contribution in [3.63, 3.8) is 0 Å². The molecule has 0 saturated heterocycles. The zero-order valence-corrected chi connectivity index (χ0v) is 8.63. The van der Waals surface area contributed by atoms with E-state index < -0.39 is 0 Å². The molecule has 1 aromatic rings. The van der Waals surface area contributed by atoms with E-state index in [4.69, 9.17) is 0 Å². The molecule has 0 unspecified atom stereocenters. The Balaban J connectivity index is 2.59. The van der Waals surface area contributed by atoms with Gasteiger partial charge in [0.15, 0.2) is 0 Å². The molecule has 3 nitrogen and oxygen atoms in total. The number of benzene rings is 1. The van der Waals surface area contributed by atoms with E-state index in [9.17, 15) is 4.79 Å². The largest absolute Gasteiger partial charge is 0.385 e. The third-order valence-corrected chi connectivity index (χ3v) is 1.87. The predicted octanol–water partition coefficient (Wildman–Crippen LogP) is 2.47. The van der Waals surface area contributed by atoms with Gasteiger partial charge in [-0.25, -0.2) is 0 Å². The average molecular weight is 192 g/mol. The lowest BCUT2D eigenvalue weighted by Gasteiger charge is -2.05. The van der Waals surface area contributed by atoms with Crippen LogP contribution in [0.4, 0.5) is 11.4 Å². The van der Waals surface area contributed by atoms with Crippen LogP contribution in [0.1, 0.15) is 20.3 Å². The molecule has 0 saturated carbocycles. The number of hydrogen-bond acceptors (Lipinski definition) is 2. The van der Waals surface area contributed by atoms with Crippen molar-refractivity contribution in [2.75, 3.05) is 17.2 Å². The van der Waals surface area contributed by atoms with Gasteiger partial charge in [0.2, 0.25) is 5.91 Å². The maximum Gasteiger partial charge on any atom is 0.224 e. The fourth-order valence-electron chi connectivity index (χ4n) is 1.12. The Hall–Kier alpha value is -1.51. The van der Waals surface area contributed by atoms with Crippen LogP contribution in [0.25, 0.3) is 0 Å². The summed E-state index contributed by atoms with van der Waals surface area (Å²) in [5, 5.41) is 5.98. The lowest BCUT2D eigenvalue weighted by atomic mass is 10.2. The summed E-state index contributed by atoms with van der Waals surface area (Å²) in [5.41, 5.74) is 1.92. The molecule has 76 valence electrons. The zero-order chi connectivity index (χ0) is 10.4. The first-order chi connectivity index (χ1) is 6.76. The summed E-state index contributed by atoms with van der Waals surface area (Å²) in [7, 11) is 0. The quantitative estimate of drug-likeness (QED) is 0.769. The van der Waals surface area contributed by atoms with E-state index in [2.05, 4.69) is 10.6 Å². The number of carbonyl (C=O) groups excluding carboxylic acids is 1. The molecular weight excluding hydrogens is 176 g/mol. The van der Waals surface area contributed by atoms with Gasteiger partial charge in [0.25, 0.3) is 0 Å². The van der Waals surface area contributed by atoms with Crippen molar-refractivity contribution < 1.29 is 4.79 Å². The predicted molar refractivity (Wildman–Crippen MR) is 59.5 cm³/mol. The summed E-state index contributed by atoms with van der Waals surface area (Å²) in [5.74, 6) is 0.0428. The fraction of sp³-hybridized carbons (Fsp3) is 0.364. The number of rotatable bonds is 4. The highest BCUT2D eigenvalue weighted by Crippen LogP contribution is 2.13. The van der Waals surface area contributed by atoms with Gasteiger partial charge in [-0.3, -0.25) is 4.79 Å².